The van der Waals surface area contributed by atoms with Crippen molar-refractivity contribution >= 4 is 49.1 Å². The highest BCUT2D eigenvalue weighted by Gasteiger charge is 2.18. The Morgan fingerprint density at radius 1 is 1.15 bits per heavy atom. The predicted molar refractivity (Wildman–Crippen MR) is 86.7 cm³/mol. The first kappa shape index (κ1) is 14.0. The predicted octanol–water partition coefficient (Wildman–Crippen LogP) is 5.21. The summed E-state index contributed by atoms with van der Waals surface area (Å²) in [6, 6.07) is 9.76. The van der Waals surface area contributed by atoms with Crippen LogP contribution in [0.15, 0.2) is 39.3 Å². The first-order chi connectivity index (χ1) is 9.65. The van der Waals surface area contributed by atoms with E-state index in [0.29, 0.717) is 23.1 Å². The lowest BCUT2D eigenvalue weighted by Crippen LogP contribution is -2.01. The van der Waals surface area contributed by atoms with Crippen molar-refractivity contribution in [3.8, 4) is 11.5 Å². The van der Waals surface area contributed by atoms with Gasteiger partial charge in [-0.05, 0) is 61.7 Å². The second-order valence-electron chi connectivity index (χ2n) is 4.26. The van der Waals surface area contributed by atoms with Gasteiger partial charge in [0.05, 0.1) is 10.7 Å². The maximum absolute atomic E-state index is 6.17. The second-order valence-corrected chi connectivity index (χ2v) is 6.38. The van der Waals surface area contributed by atoms with Crippen LogP contribution in [0.5, 0.6) is 11.5 Å². The molecule has 1 N–H and O–H groups in total. The van der Waals surface area contributed by atoms with E-state index in [0.717, 1.165) is 20.2 Å². The molecule has 0 amide bonds. The van der Waals surface area contributed by atoms with Gasteiger partial charge in [-0.2, -0.15) is 0 Å². The Kier molecular flexibility index (Phi) is 4.10. The summed E-state index contributed by atoms with van der Waals surface area (Å²) in [7, 11) is 0. The fourth-order valence-corrected chi connectivity index (χ4v) is 3.55. The Labute approximate surface area is 138 Å². The van der Waals surface area contributed by atoms with E-state index >= 15 is 0 Å². The van der Waals surface area contributed by atoms with Gasteiger partial charge < -0.3 is 14.8 Å². The molecule has 0 bridgehead atoms. The van der Waals surface area contributed by atoms with Crippen molar-refractivity contribution in [1.82, 2.24) is 0 Å². The van der Waals surface area contributed by atoms with Crippen molar-refractivity contribution in [2.24, 2.45) is 0 Å². The van der Waals surface area contributed by atoms with Crippen molar-refractivity contribution in [2.75, 3.05) is 12.1 Å². The Morgan fingerprint density at radius 2 is 1.90 bits per heavy atom. The van der Waals surface area contributed by atoms with Crippen molar-refractivity contribution in [3.05, 3.63) is 49.9 Å². The van der Waals surface area contributed by atoms with Crippen LogP contribution in [0.2, 0.25) is 5.02 Å². The van der Waals surface area contributed by atoms with Gasteiger partial charge in [-0.25, -0.2) is 0 Å². The number of halogens is 3. The minimum Gasteiger partial charge on any atom is -0.454 e. The summed E-state index contributed by atoms with van der Waals surface area (Å²) >= 11 is 13.2. The lowest BCUT2D eigenvalue weighted by molar-refractivity contribution is 0.174. The van der Waals surface area contributed by atoms with Gasteiger partial charge in [-0.15, -0.1) is 0 Å². The molecule has 0 fully saturated rings. The van der Waals surface area contributed by atoms with Crippen LogP contribution < -0.4 is 14.8 Å². The van der Waals surface area contributed by atoms with Gasteiger partial charge in [0.1, 0.15) is 0 Å². The number of benzene rings is 2. The van der Waals surface area contributed by atoms with E-state index in [1.54, 1.807) is 0 Å². The Balaban J connectivity index is 1.81. The van der Waals surface area contributed by atoms with Gasteiger partial charge in [-0.1, -0.05) is 17.7 Å². The summed E-state index contributed by atoms with van der Waals surface area (Å²) in [5, 5.41) is 3.94. The molecule has 3 rings (SSSR count). The molecule has 0 saturated carbocycles. The number of rotatable bonds is 3. The fraction of sp³-hybridized carbons (Fsp3) is 0.143. The molecule has 1 aliphatic rings. The molecule has 3 nitrogen and oxygen atoms in total. The normalized spacial score (nSPS) is 12.6. The average molecular weight is 420 g/mol. The minimum absolute atomic E-state index is 0.224. The van der Waals surface area contributed by atoms with Crippen molar-refractivity contribution in [1.29, 1.82) is 0 Å². The number of ether oxygens (including phenoxy) is 2. The number of para-hydroxylation sites is 1. The van der Waals surface area contributed by atoms with E-state index in [9.17, 15) is 0 Å². The van der Waals surface area contributed by atoms with Crippen LogP contribution in [-0.2, 0) is 6.54 Å². The number of nitrogens with one attached hydrogen (secondary N) is 1. The standard InChI is InChI=1S/C14H10Br2ClNO2/c15-9-2-1-3-10(16)13(9)18-6-8-4-11(17)14-12(5-8)19-7-20-14/h1-5,18H,6-7H2. The molecule has 0 aromatic heterocycles. The van der Waals surface area contributed by atoms with Crippen molar-refractivity contribution < 1.29 is 9.47 Å². The molecule has 0 atom stereocenters. The van der Waals surface area contributed by atoms with E-state index in [1.165, 1.54) is 0 Å². The summed E-state index contributed by atoms with van der Waals surface area (Å²) in [4.78, 5) is 0. The smallest absolute Gasteiger partial charge is 0.231 e. The number of anilines is 1. The highest BCUT2D eigenvalue weighted by atomic mass is 79.9. The fourth-order valence-electron chi connectivity index (χ4n) is 1.98. The third kappa shape index (κ3) is 2.75. The van der Waals surface area contributed by atoms with E-state index in [1.807, 2.05) is 30.3 Å². The van der Waals surface area contributed by atoms with Crippen LogP contribution in [0, 0.1) is 0 Å². The maximum atomic E-state index is 6.17. The van der Waals surface area contributed by atoms with Crippen LogP contribution in [-0.4, -0.2) is 6.79 Å². The topological polar surface area (TPSA) is 30.5 Å². The average Bonchev–Trinajstić information content (AvgIpc) is 2.87. The summed E-state index contributed by atoms with van der Waals surface area (Å²) in [5.74, 6) is 1.32. The zero-order valence-electron chi connectivity index (χ0n) is 10.3. The van der Waals surface area contributed by atoms with Crippen LogP contribution >= 0.6 is 43.5 Å². The third-order valence-corrected chi connectivity index (χ3v) is 4.52. The molecule has 0 spiro atoms. The van der Waals surface area contributed by atoms with Crippen LogP contribution in [0.4, 0.5) is 5.69 Å². The molecule has 2 aromatic rings. The minimum atomic E-state index is 0.224. The molecule has 2 aromatic carbocycles. The number of hydrogen-bond donors (Lipinski definition) is 1. The van der Waals surface area contributed by atoms with E-state index in [-0.39, 0.29) is 6.79 Å². The highest BCUT2D eigenvalue weighted by Crippen LogP contribution is 2.40. The molecular formula is C14H10Br2ClNO2. The molecule has 0 saturated heterocycles. The zero-order valence-corrected chi connectivity index (χ0v) is 14.2. The molecule has 1 heterocycles. The Bertz CT molecular complexity index is 644. The molecular weight excluding hydrogens is 409 g/mol. The van der Waals surface area contributed by atoms with E-state index in [2.05, 4.69) is 37.2 Å². The molecule has 0 aliphatic carbocycles. The van der Waals surface area contributed by atoms with Crippen LogP contribution in [0.3, 0.4) is 0 Å². The third-order valence-electron chi connectivity index (χ3n) is 2.92. The zero-order chi connectivity index (χ0) is 14.1. The quantitative estimate of drug-likeness (QED) is 0.741. The largest absolute Gasteiger partial charge is 0.454 e. The Morgan fingerprint density at radius 3 is 2.65 bits per heavy atom. The SMILES string of the molecule is Clc1cc(CNc2c(Br)cccc2Br)cc2c1OCO2. The molecule has 6 heteroatoms. The van der Waals surface area contributed by atoms with Gasteiger partial charge in [0, 0.05) is 15.5 Å². The van der Waals surface area contributed by atoms with Gasteiger partial charge in [0.15, 0.2) is 11.5 Å². The van der Waals surface area contributed by atoms with Crippen LogP contribution in [0.25, 0.3) is 0 Å². The molecule has 1 aliphatic heterocycles. The van der Waals surface area contributed by atoms with E-state index in [4.69, 9.17) is 21.1 Å². The highest BCUT2D eigenvalue weighted by molar-refractivity contribution is 9.11. The monoisotopic (exact) mass is 417 g/mol. The van der Waals surface area contributed by atoms with Gasteiger partial charge in [0.2, 0.25) is 6.79 Å². The Hall–Kier alpha value is -0.910. The van der Waals surface area contributed by atoms with Gasteiger partial charge in [-0.3, -0.25) is 0 Å². The maximum Gasteiger partial charge on any atom is 0.231 e. The lowest BCUT2D eigenvalue weighted by atomic mass is 10.2. The summed E-state index contributed by atoms with van der Waals surface area (Å²) in [6.45, 7) is 0.860. The first-order valence-corrected chi connectivity index (χ1v) is 7.87. The summed E-state index contributed by atoms with van der Waals surface area (Å²) < 4.78 is 12.7. The first-order valence-electron chi connectivity index (χ1n) is 5.91. The van der Waals surface area contributed by atoms with Crippen molar-refractivity contribution in [2.45, 2.75) is 6.54 Å². The number of hydrogen-bond acceptors (Lipinski definition) is 3. The van der Waals surface area contributed by atoms with E-state index < -0.39 is 0 Å². The van der Waals surface area contributed by atoms with Crippen molar-refractivity contribution in [3.63, 3.8) is 0 Å². The molecule has 0 radical (unpaired) electrons. The lowest BCUT2D eigenvalue weighted by Gasteiger charge is -2.11. The summed E-state index contributed by atoms with van der Waals surface area (Å²) in [6.07, 6.45) is 0. The summed E-state index contributed by atoms with van der Waals surface area (Å²) in [5.41, 5.74) is 2.03. The van der Waals surface area contributed by atoms with Crippen LogP contribution in [0.1, 0.15) is 5.56 Å². The number of fused-ring (bicyclic) bond motifs is 1. The second kappa shape index (κ2) is 5.84. The van der Waals surface area contributed by atoms with Gasteiger partial charge in [0.25, 0.3) is 0 Å². The molecule has 104 valence electrons. The molecule has 0 unspecified atom stereocenters. The molecule has 20 heavy (non-hydrogen) atoms. The van der Waals surface area contributed by atoms with Gasteiger partial charge >= 0.3 is 0 Å².